The van der Waals surface area contributed by atoms with E-state index in [1.165, 1.54) is 16.7 Å². The Bertz CT molecular complexity index is 399. The van der Waals surface area contributed by atoms with Gasteiger partial charge in [0.25, 0.3) is 0 Å². The number of benzene rings is 1. The first-order valence-corrected chi connectivity index (χ1v) is 7.48. The second kappa shape index (κ2) is 6.06. The van der Waals surface area contributed by atoms with Crippen LogP contribution in [-0.4, -0.2) is 17.3 Å². The number of hydrogen-bond donors (Lipinski definition) is 2. The molecule has 2 nitrogen and oxygen atoms in total. The van der Waals surface area contributed by atoms with E-state index in [1.807, 2.05) is 0 Å². The number of hydrogen-bond acceptors (Lipinski definition) is 2. The van der Waals surface area contributed by atoms with Crippen LogP contribution in [0.25, 0.3) is 0 Å². The first-order valence-electron chi connectivity index (χ1n) is 7.48. The Morgan fingerprint density at radius 3 is 2.37 bits per heavy atom. The maximum Gasteiger partial charge on any atom is 0.0771 e. The summed E-state index contributed by atoms with van der Waals surface area (Å²) < 4.78 is 0. The minimum absolute atomic E-state index is 0.483. The number of nitrogens with one attached hydrogen (secondary N) is 1. The molecule has 106 valence electrons. The molecule has 0 heterocycles. The molecule has 19 heavy (non-hydrogen) atoms. The van der Waals surface area contributed by atoms with Gasteiger partial charge in [-0.05, 0) is 62.1 Å². The third-order valence-electron chi connectivity index (χ3n) is 4.61. The summed E-state index contributed by atoms with van der Waals surface area (Å²) >= 11 is 0. The Morgan fingerprint density at radius 2 is 1.79 bits per heavy atom. The minimum atomic E-state index is -0.483. The highest BCUT2D eigenvalue weighted by atomic mass is 16.3. The van der Waals surface area contributed by atoms with Gasteiger partial charge >= 0.3 is 0 Å². The molecule has 0 radical (unpaired) electrons. The maximum atomic E-state index is 10.5. The van der Waals surface area contributed by atoms with E-state index >= 15 is 0 Å². The van der Waals surface area contributed by atoms with E-state index in [0.29, 0.717) is 6.54 Å². The van der Waals surface area contributed by atoms with Gasteiger partial charge in [-0.3, -0.25) is 0 Å². The summed E-state index contributed by atoms with van der Waals surface area (Å²) in [5.41, 5.74) is 3.55. The zero-order chi connectivity index (χ0) is 13.9. The fourth-order valence-electron chi connectivity index (χ4n) is 3.02. The van der Waals surface area contributed by atoms with E-state index in [1.54, 1.807) is 0 Å². The Balaban J connectivity index is 1.86. The standard InChI is InChI=1S/C17H27NO/c1-13-7-9-17(19,10-8-13)12-18-11-16-14(2)5-4-6-15(16)3/h4-6,13,18-19H,7-12H2,1-3H3. The maximum absolute atomic E-state index is 10.5. The molecule has 1 aromatic carbocycles. The summed E-state index contributed by atoms with van der Waals surface area (Å²) in [6, 6.07) is 6.41. The average molecular weight is 261 g/mol. The molecule has 0 atom stereocenters. The number of aliphatic hydroxyl groups is 1. The van der Waals surface area contributed by atoms with Crippen molar-refractivity contribution in [2.24, 2.45) is 5.92 Å². The molecule has 2 N–H and O–H groups in total. The zero-order valence-electron chi connectivity index (χ0n) is 12.5. The van der Waals surface area contributed by atoms with Crippen molar-refractivity contribution in [2.45, 2.75) is 58.6 Å². The van der Waals surface area contributed by atoms with Gasteiger partial charge in [0.2, 0.25) is 0 Å². The van der Waals surface area contributed by atoms with Crippen molar-refractivity contribution in [2.75, 3.05) is 6.54 Å². The van der Waals surface area contributed by atoms with E-state index in [0.717, 1.165) is 38.1 Å². The third-order valence-corrected chi connectivity index (χ3v) is 4.61. The van der Waals surface area contributed by atoms with E-state index in [4.69, 9.17) is 0 Å². The molecule has 0 spiro atoms. The van der Waals surface area contributed by atoms with Crippen molar-refractivity contribution in [1.29, 1.82) is 0 Å². The summed E-state index contributed by atoms with van der Waals surface area (Å²) in [6.45, 7) is 8.16. The second-order valence-electron chi connectivity index (χ2n) is 6.38. The molecule has 1 aliphatic rings. The fraction of sp³-hybridized carbons (Fsp3) is 0.647. The summed E-state index contributed by atoms with van der Waals surface area (Å²) in [5.74, 6) is 0.777. The monoisotopic (exact) mass is 261 g/mol. The highest BCUT2D eigenvalue weighted by molar-refractivity contribution is 5.33. The average Bonchev–Trinajstić information content (AvgIpc) is 2.37. The topological polar surface area (TPSA) is 32.3 Å². The van der Waals surface area contributed by atoms with Crippen molar-refractivity contribution in [3.8, 4) is 0 Å². The molecule has 1 fully saturated rings. The first kappa shape index (κ1) is 14.5. The number of aryl methyl sites for hydroxylation is 2. The molecule has 2 rings (SSSR count). The van der Waals surface area contributed by atoms with Crippen LogP contribution in [0.5, 0.6) is 0 Å². The third kappa shape index (κ3) is 3.80. The van der Waals surface area contributed by atoms with Gasteiger partial charge in [-0.1, -0.05) is 25.1 Å². The van der Waals surface area contributed by atoms with Gasteiger partial charge in [-0.15, -0.1) is 0 Å². The Morgan fingerprint density at radius 1 is 1.21 bits per heavy atom. The molecule has 2 heteroatoms. The lowest BCUT2D eigenvalue weighted by Crippen LogP contribution is -2.43. The lowest BCUT2D eigenvalue weighted by molar-refractivity contribution is -0.00632. The van der Waals surface area contributed by atoms with E-state index in [2.05, 4.69) is 44.3 Å². The Labute approximate surface area is 117 Å². The van der Waals surface area contributed by atoms with Gasteiger partial charge in [0, 0.05) is 13.1 Å². The van der Waals surface area contributed by atoms with Gasteiger partial charge in [-0.25, -0.2) is 0 Å². The Hall–Kier alpha value is -0.860. The summed E-state index contributed by atoms with van der Waals surface area (Å²) in [4.78, 5) is 0. The molecular weight excluding hydrogens is 234 g/mol. The summed E-state index contributed by atoms with van der Waals surface area (Å²) in [7, 11) is 0. The highest BCUT2D eigenvalue weighted by Gasteiger charge is 2.31. The van der Waals surface area contributed by atoms with Gasteiger partial charge in [0.1, 0.15) is 0 Å². The van der Waals surface area contributed by atoms with Gasteiger partial charge in [0.15, 0.2) is 0 Å². The van der Waals surface area contributed by atoms with Crippen LogP contribution in [0.15, 0.2) is 18.2 Å². The largest absolute Gasteiger partial charge is 0.389 e. The second-order valence-corrected chi connectivity index (χ2v) is 6.38. The summed E-state index contributed by atoms with van der Waals surface area (Å²) in [5, 5.41) is 14.0. The fourth-order valence-corrected chi connectivity index (χ4v) is 3.02. The molecule has 0 bridgehead atoms. The van der Waals surface area contributed by atoms with Crippen LogP contribution in [-0.2, 0) is 6.54 Å². The van der Waals surface area contributed by atoms with Crippen LogP contribution >= 0.6 is 0 Å². The summed E-state index contributed by atoms with van der Waals surface area (Å²) in [6.07, 6.45) is 4.19. The van der Waals surface area contributed by atoms with Crippen molar-refractivity contribution in [3.05, 3.63) is 34.9 Å². The van der Waals surface area contributed by atoms with Crippen molar-refractivity contribution < 1.29 is 5.11 Å². The molecule has 0 aromatic heterocycles. The lowest BCUT2D eigenvalue weighted by atomic mass is 9.79. The normalized spacial score (nSPS) is 27.5. The zero-order valence-corrected chi connectivity index (χ0v) is 12.5. The molecule has 0 aliphatic heterocycles. The molecule has 0 saturated heterocycles. The van der Waals surface area contributed by atoms with Gasteiger partial charge < -0.3 is 10.4 Å². The van der Waals surface area contributed by atoms with Crippen LogP contribution in [0.3, 0.4) is 0 Å². The molecule has 0 amide bonds. The van der Waals surface area contributed by atoms with E-state index in [-0.39, 0.29) is 0 Å². The van der Waals surface area contributed by atoms with Gasteiger partial charge in [0.05, 0.1) is 5.60 Å². The highest BCUT2D eigenvalue weighted by Crippen LogP contribution is 2.31. The number of rotatable bonds is 4. The molecular formula is C17H27NO. The molecule has 1 aromatic rings. The minimum Gasteiger partial charge on any atom is -0.389 e. The van der Waals surface area contributed by atoms with E-state index in [9.17, 15) is 5.11 Å². The van der Waals surface area contributed by atoms with Gasteiger partial charge in [-0.2, -0.15) is 0 Å². The van der Waals surface area contributed by atoms with Crippen molar-refractivity contribution in [1.82, 2.24) is 5.32 Å². The van der Waals surface area contributed by atoms with Crippen molar-refractivity contribution in [3.63, 3.8) is 0 Å². The predicted octanol–water partition coefficient (Wildman–Crippen LogP) is 3.33. The molecule has 0 unspecified atom stereocenters. The van der Waals surface area contributed by atoms with Crippen LogP contribution in [0.1, 0.15) is 49.3 Å². The van der Waals surface area contributed by atoms with E-state index < -0.39 is 5.60 Å². The predicted molar refractivity (Wildman–Crippen MR) is 80.2 cm³/mol. The van der Waals surface area contributed by atoms with Crippen LogP contribution in [0, 0.1) is 19.8 Å². The van der Waals surface area contributed by atoms with Crippen molar-refractivity contribution >= 4 is 0 Å². The smallest absolute Gasteiger partial charge is 0.0771 e. The van der Waals surface area contributed by atoms with Crippen LogP contribution in [0.2, 0.25) is 0 Å². The first-order chi connectivity index (χ1) is 9.00. The lowest BCUT2D eigenvalue weighted by Gasteiger charge is -2.35. The molecule has 1 aliphatic carbocycles. The Kier molecular flexibility index (Phi) is 4.64. The van der Waals surface area contributed by atoms with Crippen LogP contribution < -0.4 is 5.32 Å². The molecule has 1 saturated carbocycles. The quantitative estimate of drug-likeness (QED) is 0.871. The van der Waals surface area contributed by atoms with Crippen LogP contribution in [0.4, 0.5) is 0 Å². The SMILES string of the molecule is Cc1cccc(C)c1CNCC1(O)CCC(C)CC1.